The summed E-state index contributed by atoms with van der Waals surface area (Å²) in [6.07, 6.45) is 1.74. The van der Waals surface area contributed by atoms with E-state index in [1.54, 1.807) is 10.9 Å². The predicted octanol–water partition coefficient (Wildman–Crippen LogP) is 3.13. The van der Waals surface area contributed by atoms with E-state index in [1.807, 2.05) is 58.9 Å². The molecule has 0 saturated carbocycles. The third-order valence-electron chi connectivity index (χ3n) is 4.57. The zero-order valence-corrected chi connectivity index (χ0v) is 14.3. The molecular weight excluding hydrogens is 298 g/mol. The molecule has 0 radical (unpaired) electrons. The van der Waals surface area contributed by atoms with Crippen molar-refractivity contribution in [2.75, 3.05) is 0 Å². The van der Waals surface area contributed by atoms with E-state index >= 15 is 0 Å². The molecule has 22 heavy (non-hydrogen) atoms. The number of nitrogens with zero attached hydrogens (tertiary/aromatic N) is 2. The van der Waals surface area contributed by atoms with Gasteiger partial charge in [0.25, 0.3) is 0 Å². The van der Waals surface area contributed by atoms with Gasteiger partial charge in [0.05, 0.1) is 27.5 Å². The average molecular weight is 319 g/mol. The van der Waals surface area contributed by atoms with Gasteiger partial charge < -0.3 is 9.31 Å². The van der Waals surface area contributed by atoms with Gasteiger partial charge in [-0.05, 0) is 52.3 Å². The van der Waals surface area contributed by atoms with Gasteiger partial charge in [-0.15, -0.1) is 0 Å². The summed E-state index contributed by atoms with van der Waals surface area (Å²) >= 11 is 6.43. The van der Waals surface area contributed by atoms with Crippen molar-refractivity contribution in [3.8, 4) is 5.69 Å². The van der Waals surface area contributed by atoms with Crippen molar-refractivity contribution in [2.24, 2.45) is 0 Å². The highest BCUT2D eigenvalue weighted by Crippen LogP contribution is 2.36. The van der Waals surface area contributed by atoms with E-state index in [4.69, 9.17) is 20.9 Å². The molecule has 1 aliphatic heterocycles. The zero-order valence-electron chi connectivity index (χ0n) is 13.6. The summed E-state index contributed by atoms with van der Waals surface area (Å²) in [4.78, 5) is 0. The van der Waals surface area contributed by atoms with Gasteiger partial charge in [0.15, 0.2) is 0 Å². The van der Waals surface area contributed by atoms with Crippen LogP contribution in [0.3, 0.4) is 0 Å². The van der Waals surface area contributed by atoms with E-state index < -0.39 is 7.12 Å². The molecule has 4 nitrogen and oxygen atoms in total. The van der Waals surface area contributed by atoms with E-state index in [1.165, 1.54) is 0 Å². The fourth-order valence-electron chi connectivity index (χ4n) is 2.45. The largest absolute Gasteiger partial charge is 0.514 e. The Balaban J connectivity index is 2.03. The van der Waals surface area contributed by atoms with Gasteiger partial charge in [-0.2, -0.15) is 5.10 Å². The summed E-state index contributed by atoms with van der Waals surface area (Å²) in [5, 5.41) is 5.08. The van der Waals surface area contributed by atoms with Crippen molar-refractivity contribution in [3.05, 3.63) is 41.0 Å². The molecule has 6 heteroatoms. The van der Waals surface area contributed by atoms with Crippen molar-refractivity contribution in [3.63, 3.8) is 0 Å². The minimum absolute atomic E-state index is 0.386. The summed E-state index contributed by atoms with van der Waals surface area (Å²) in [7, 11) is -0.468. The average Bonchev–Trinajstić information content (AvgIpc) is 2.96. The van der Waals surface area contributed by atoms with Crippen molar-refractivity contribution < 1.29 is 9.31 Å². The van der Waals surface area contributed by atoms with Crippen molar-refractivity contribution in [2.45, 2.75) is 45.8 Å². The number of rotatable bonds is 2. The van der Waals surface area contributed by atoms with Gasteiger partial charge in [-0.1, -0.05) is 23.7 Å². The Morgan fingerprint density at radius 2 is 1.73 bits per heavy atom. The van der Waals surface area contributed by atoms with Gasteiger partial charge in [0, 0.05) is 6.20 Å². The zero-order chi connectivity index (χ0) is 16.1. The van der Waals surface area contributed by atoms with Crippen LogP contribution >= 0.6 is 11.6 Å². The van der Waals surface area contributed by atoms with Crippen molar-refractivity contribution in [1.29, 1.82) is 0 Å². The standard InChI is InChI=1S/C16H20BClN2O2/c1-11-7-6-8-12(14(11)18)20-13(9-10-19-20)17-21-15(2,3)16(4,5)22-17/h6-10H,1-5H3. The number of halogens is 1. The SMILES string of the molecule is Cc1cccc(-n2nccc2B2OC(C)(C)C(C)(C)O2)c1Cl. The van der Waals surface area contributed by atoms with E-state index in [0.717, 1.165) is 16.8 Å². The number of benzene rings is 1. The second-order valence-electron chi connectivity index (χ2n) is 6.66. The van der Waals surface area contributed by atoms with Gasteiger partial charge in [0.2, 0.25) is 0 Å². The molecule has 2 aromatic rings. The van der Waals surface area contributed by atoms with Crippen LogP contribution in [0.25, 0.3) is 5.69 Å². The molecule has 0 amide bonds. The van der Waals surface area contributed by atoms with Crippen LogP contribution in [-0.4, -0.2) is 28.1 Å². The van der Waals surface area contributed by atoms with Crippen LogP contribution < -0.4 is 5.59 Å². The highest BCUT2D eigenvalue weighted by atomic mass is 35.5. The molecule has 1 fully saturated rings. The van der Waals surface area contributed by atoms with Crippen LogP contribution in [0.5, 0.6) is 0 Å². The van der Waals surface area contributed by atoms with Gasteiger partial charge in [-0.25, -0.2) is 4.68 Å². The number of aryl methyl sites for hydroxylation is 1. The molecule has 1 aliphatic rings. The van der Waals surface area contributed by atoms with E-state index in [0.29, 0.717) is 5.02 Å². The lowest BCUT2D eigenvalue weighted by Crippen LogP contribution is -2.41. The molecule has 116 valence electrons. The highest BCUT2D eigenvalue weighted by Gasteiger charge is 2.52. The number of hydrogen-bond acceptors (Lipinski definition) is 3. The quantitative estimate of drug-likeness (QED) is 0.798. The van der Waals surface area contributed by atoms with Crippen LogP contribution in [0.1, 0.15) is 33.3 Å². The Hall–Kier alpha value is -1.30. The molecule has 0 aliphatic carbocycles. The maximum Gasteiger partial charge on any atom is 0.514 e. The minimum Gasteiger partial charge on any atom is -0.398 e. The molecule has 0 unspecified atom stereocenters. The third kappa shape index (κ3) is 2.37. The van der Waals surface area contributed by atoms with Crippen LogP contribution in [0, 0.1) is 6.92 Å². The summed E-state index contributed by atoms with van der Waals surface area (Å²) in [5.74, 6) is 0. The monoisotopic (exact) mass is 318 g/mol. The lowest BCUT2D eigenvalue weighted by atomic mass is 9.84. The summed E-state index contributed by atoms with van der Waals surface area (Å²) in [6.45, 7) is 10.1. The second kappa shape index (κ2) is 5.12. The van der Waals surface area contributed by atoms with E-state index in [-0.39, 0.29) is 11.2 Å². The summed E-state index contributed by atoms with van der Waals surface area (Å²) in [5.41, 5.74) is 1.91. The molecule has 2 heterocycles. The molecule has 0 bridgehead atoms. The maximum absolute atomic E-state index is 6.43. The topological polar surface area (TPSA) is 36.3 Å². The van der Waals surface area contributed by atoms with E-state index in [2.05, 4.69) is 5.10 Å². The molecule has 1 aromatic heterocycles. The maximum atomic E-state index is 6.43. The number of aromatic nitrogens is 2. The fraction of sp³-hybridized carbons (Fsp3) is 0.438. The Morgan fingerprint density at radius 3 is 2.36 bits per heavy atom. The summed E-state index contributed by atoms with van der Waals surface area (Å²) in [6, 6.07) is 7.79. The van der Waals surface area contributed by atoms with Gasteiger partial charge in [-0.3, -0.25) is 0 Å². The normalized spacial score (nSPS) is 19.6. The Bertz CT molecular complexity index is 696. The van der Waals surface area contributed by atoms with Crippen molar-refractivity contribution in [1.82, 2.24) is 9.78 Å². The molecule has 0 N–H and O–H groups in total. The molecule has 1 aromatic carbocycles. The fourth-order valence-corrected chi connectivity index (χ4v) is 2.66. The minimum atomic E-state index is -0.468. The van der Waals surface area contributed by atoms with Crippen molar-refractivity contribution >= 4 is 24.3 Å². The third-order valence-corrected chi connectivity index (χ3v) is 5.06. The first kappa shape index (κ1) is 15.6. The first-order valence-electron chi connectivity index (χ1n) is 7.38. The predicted molar refractivity (Wildman–Crippen MR) is 89.0 cm³/mol. The van der Waals surface area contributed by atoms with Crippen LogP contribution in [0.15, 0.2) is 30.5 Å². The Labute approximate surface area is 136 Å². The van der Waals surface area contributed by atoms with Gasteiger partial charge in [0.1, 0.15) is 0 Å². The molecule has 3 rings (SSSR count). The van der Waals surface area contributed by atoms with E-state index in [9.17, 15) is 0 Å². The molecular formula is C16H20BClN2O2. The molecule has 1 saturated heterocycles. The van der Waals surface area contributed by atoms with Gasteiger partial charge >= 0.3 is 7.12 Å². The first-order valence-corrected chi connectivity index (χ1v) is 7.76. The molecule has 0 atom stereocenters. The number of hydrogen-bond donors (Lipinski definition) is 0. The van der Waals surface area contributed by atoms with Crippen LogP contribution in [0.2, 0.25) is 5.02 Å². The Morgan fingerprint density at radius 1 is 1.09 bits per heavy atom. The summed E-state index contributed by atoms with van der Waals surface area (Å²) < 4.78 is 14.0. The second-order valence-corrected chi connectivity index (χ2v) is 7.04. The van der Waals surface area contributed by atoms with Crippen LogP contribution in [0.4, 0.5) is 0 Å². The lowest BCUT2D eigenvalue weighted by molar-refractivity contribution is 0.00578. The lowest BCUT2D eigenvalue weighted by Gasteiger charge is -2.32. The Kier molecular flexibility index (Phi) is 3.63. The molecule has 0 spiro atoms. The first-order chi connectivity index (χ1) is 10.2. The highest BCUT2D eigenvalue weighted by molar-refractivity contribution is 6.61. The smallest absolute Gasteiger partial charge is 0.398 e. The van der Waals surface area contributed by atoms with Crippen LogP contribution in [-0.2, 0) is 9.31 Å².